The maximum atomic E-state index is 12.9. The number of likely N-dealkylation sites (tertiary alicyclic amines) is 1. The van der Waals surface area contributed by atoms with Gasteiger partial charge in [-0.3, -0.25) is 19.7 Å². The van der Waals surface area contributed by atoms with Gasteiger partial charge in [0.1, 0.15) is 23.3 Å². The summed E-state index contributed by atoms with van der Waals surface area (Å²) in [5, 5.41) is 22.1. The summed E-state index contributed by atoms with van der Waals surface area (Å²) in [6.07, 6.45) is 1.86. The number of aliphatic hydroxyl groups excluding tert-OH is 1. The van der Waals surface area contributed by atoms with Gasteiger partial charge in [0, 0.05) is 24.2 Å². The average Bonchev–Trinajstić information content (AvgIpc) is 3.45. The molecule has 2 aromatic carbocycles. The number of nitro benzene ring substituents is 1. The third-order valence-electron chi connectivity index (χ3n) is 5.48. The van der Waals surface area contributed by atoms with Crippen LogP contribution in [-0.2, 0) is 16.0 Å². The van der Waals surface area contributed by atoms with Gasteiger partial charge in [-0.15, -0.1) is 0 Å². The Morgan fingerprint density at radius 2 is 1.91 bits per heavy atom. The molecule has 9 heteroatoms. The van der Waals surface area contributed by atoms with E-state index in [1.165, 1.54) is 29.4 Å². The smallest absolute Gasteiger partial charge is 0.295 e. The molecule has 2 heterocycles. The molecule has 0 bridgehead atoms. The Hall–Kier alpha value is -4.40. The molecule has 3 aromatic rings. The predicted molar refractivity (Wildman–Crippen MR) is 118 cm³/mol. The minimum absolute atomic E-state index is 0.0638. The summed E-state index contributed by atoms with van der Waals surface area (Å²) in [6, 6.07) is 14.8. The minimum Gasteiger partial charge on any atom is -0.507 e. The fraction of sp³-hybridized carbons (Fsp3) is 0.167. The predicted octanol–water partition coefficient (Wildman–Crippen LogP) is 3.86. The molecule has 33 heavy (non-hydrogen) atoms. The number of rotatable bonds is 7. The first kappa shape index (κ1) is 21.8. The van der Waals surface area contributed by atoms with E-state index in [-0.39, 0.29) is 23.4 Å². The molecular formula is C24H20N2O7. The van der Waals surface area contributed by atoms with Crippen LogP contribution in [0.3, 0.4) is 0 Å². The molecule has 0 spiro atoms. The van der Waals surface area contributed by atoms with Crippen LogP contribution < -0.4 is 4.74 Å². The third kappa shape index (κ3) is 4.20. The van der Waals surface area contributed by atoms with Gasteiger partial charge in [-0.1, -0.05) is 24.3 Å². The molecule has 1 aliphatic rings. The topological polar surface area (TPSA) is 123 Å². The zero-order valence-corrected chi connectivity index (χ0v) is 17.6. The molecule has 1 N–H and O–H groups in total. The second kappa shape index (κ2) is 8.99. The Balaban J connectivity index is 1.72. The maximum absolute atomic E-state index is 12.9. The van der Waals surface area contributed by atoms with E-state index in [2.05, 4.69) is 0 Å². The summed E-state index contributed by atoms with van der Waals surface area (Å²) in [6.45, 7) is 0.188. The second-order valence-corrected chi connectivity index (χ2v) is 7.41. The minimum atomic E-state index is -0.961. The number of carbonyl (C=O) groups excluding carboxylic acids is 2. The van der Waals surface area contributed by atoms with Crippen LogP contribution in [0.1, 0.15) is 22.9 Å². The fourth-order valence-corrected chi connectivity index (χ4v) is 3.82. The lowest BCUT2D eigenvalue weighted by Gasteiger charge is -2.23. The van der Waals surface area contributed by atoms with Crippen molar-refractivity contribution < 1.29 is 28.8 Å². The van der Waals surface area contributed by atoms with Crippen molar-refractivity contribution >= 4 is 23.1 Å². The van der Waals surface area contributed by atoms with Crippen LogP contribution in [0, 0.1) is 10.1 Å². The van der Waals surface area contributed by atoms with Crippen LogP contribution in [0.15, 0.2) is 76.9 Å². The van der Waals surface area contributed by atoms with Crippen molar-refractivity contribution in [3.63, 3.8) is 0 Å². The number of carbonyl (C=O) groups is 2. The van der Waals surface area contributed by atoms with Crippen LogP contribution in [0.4, 0.5) is 5.69 Å². The van der Waals surface area contributed by atoms with Crippen LogP contribution in [0.5, 0.6) is 5.75 Å². The molecule has 1 fully saturated rings. The highest BCUT2D eigenvalue weighted by Gasteiger charge is 2.47. The van der Waals surface area contributed by atoms with Gasteiger partial charge in [-0.05, 0) is 36.2 Å². The number of aliphatic hydroxyl groups is 1. The number of non-ortho nitro benzene ring substituents is 1. The first-order chi connectivity index (χ1) is 15.9. The molecule has 0 radical (unpaired) electrons. The molecule has 1 atom stereocenters. The number of hydrogen-bond acceptors (Lipinski definition) is 7. The molecule has 4 rings (SSSR count). The van der Waals surface area contributed by atoms with Crippen molar-refractivity contribution in [2.75, 3.05) is 13.7 Å². The second-order valence-electron chi connectivity index (χ2n) is 7.41. The summed E-state index contributed by atoms with van der Waals surface area (Å²) in [5.41, 5.74) is 0.566. The quantitative estimate of drug-likeness (QED) is 0.191. The molecule has 168 valence electrons. The van der Waals surface area contributed by atoms with Crippen molar-refractivity contribution in [1.29, 1.82) is 0 Å². The van der Waals surface area contributed by atoms with Gasteiger partial charge in [-0.2, -0.15) is 0 Å². The number of nitro groups is 1. The van der Waals surface area contributed by atoms with Crippen molar-refractivity contribution in [3.05, 3.63) is 99.5 Å². The van der Waals surface area contributed by atoms with Crippen LogP contribution in [-0.4, -0.2) is 40.3 Å². The Kier molecular flexibility index (Phi) is 5.95. The van der Waals surface area contributed by atoms with E-state index in [0.29, 0.717) is 17.9 Å². The lowest BCUT2D eigenvalue weighted by atomic mass is 9.99. The van der Waals surface area contributed by atoms with Gasteiger partial charge < -0.3 is 19.2 Å². The van der Waals surface area contributed by atoms with Gasteiger partial charge in [0.25, 0.3) is 17.4 Å². The van der Waals surface area contributed by atoms with Crippen LogP contribution in [0.25, 0.3) is 5.76 Å². The number of nitrogens with zero attached hydrogens (tertiary/aromatic N) is 2. The SMILES string of the molecule is COc1ccc(CCN2C(=O)C(=O)/C(=C(\O)c3cccc([N+](=O)[O-])c3)C2c2ccco2)cc1. The highest BCUT2D eigenvalue weighted by atomic mass is 16.6. The average molecular weight is 448 g/mol. The maximum Gasteiger partial charge on any atom is 0.295 e. The number of hydrogen-bond donors (Lipinski definition) is 1. The van der Waals surface area contributed by atoms with E-state index in [0.717, 1.165) is 11.6 Å². The number of amides is 1. The van der Waals surface area contributed by atoms with Crippen molar-refractivity contribution in [3.8, 4) is 5.75 Å². The highest BCUT2D eigenvalue weighted by Crippen LogP contribution is 2.40. The molecule has 1 amide bonds. The van der Waals surface area contributed by atoms with E-state index < -0.39 is 28.4 Å². The normalized spacial score (nSPS) is 17.4. The lowest BCUT2D eigenvalue weighted by Crippen LogP contribution is -2.31. The van der Waals surface area contributed by atoms with Gasteiger partial charge in [-0.25, -0.2) is 0 Å². The first-order valence-corrected chi connectivity index (χ1v) is 10.1. The van der Waals surface area contributed by atoms with Crippen molar-refractivity contribution in [1.82, 2.24) is 4.90 Å². The Morgan fingerprint density at radius 3 is 2.55 bits per heavy atom. The van der Waals surface area contributed by atoms with Crippen LogP contribution >= 0.6 is 0 Å². The Morgan fingerprint density at radius 1 is 1.15 bits per heavy atom. The third-order valence-corrected chi connectivity index (χ3v) is 5.48. The van der Waals surface area contributed by atoms with E-state index in [4.69, 9.17) is 9.15 Å². The van der Waals surface area contributed by atoms with Crippen molar-refractivity contribution in [2.45, 2.75) is 12.5 Å². The molecule has 9 nitrogen and oxygen atoms in total. The standard InChI is InChI=1S/C24H20N2O7/c1-32-18-9-7-15(8-10-18)11-12-25-21(19-6-3-13-33-19)20(23(28)24(25)29)22(27)16-4-2-5-17(14-16)26(30)31/h2-10,13-14,21,27H,11-12H2,1H3/b22-20-. The molecule has 1 saturated heterocycles. The summed E-state index contributed by atoms with van der Waals surface area (Å²) in [7, 11) is 1.57. The zero-order valence-electron chi connectivity index (χ0n) is 17.6. The monoisotopic (exact) mass is 448 g/mol. The number of furan rings is 1. The molecule has 1 aromatic heterocycles. The highest BCUT2D eigenvalue weighted by molar-refractivity contribution is 6.46. The first-order valence-electron chi connectivity index (χ1n) is 10.1. The summed E-state index contributed by atoms with van der Waals surface area (Å²) >= 11 is 0. The molecule has 0 saturated carbocycles. The molecule has 1 unspecified atom stereocenters. The molecular weight excluding hydrogens is 428 g/mol. The number of Topliss-reactive ketones (excluding diaryl/α,β-unsaturated/α-hetero) is 1. The molecule has 1 aliphatic heterocycles. The van der Waals surface area contributed by atoms with Crippen molar-refractivity contribution in [2.24, 2.45) is 0 Å². The number of benzene rings is 2. The summed E-state index contributed by atoms with van der Waals surface area (Å²) in [5.74, 6) is -1.15. The fourth-order valence-electron chi connectivity index (χ4n) is 3.82. The van der Waals surface area contributed by atoms with E-state index in [1.54, 1.807) is 31.4 Å². The van der Waals surface area contributed by atoms with Gasteiger partial charge >= 0.3 is 0 Å². The number of ether oxygens (including phenoxy) is 1. The number of ketones is 1. The number of methoxy groups -OCH3 is 1. The van der Waals surface area contributed by atoms with Gasteiger partial charge in [0.2, 0.25) is 0 Å². The van der Waals surface area contributed by atoms with E-state index in [9.17, 15) is 24.8 Å². The Bertz CT molecular complexity index is 1230. The Labute approximate surface area is 188 Å². The summed E-state index contributed by atoms with van der Waals surface area (Å²) in [4.78, 5) is 37.7. The lowest BCUT2D eigenvalue weighted by molar-refractivity contribution is -0.384. The zero-order chi connectivity index (χ0) is 23.5. The van der Waals surface area contributed by atoms with Gasteiger partial charge in [0.15, 0.2) is 0 Å². The molecule has 0 aliphatic carbocycles. The van der Waals surface area contributed by atoms with Gasteiger partial charge in [0.05, 0.1) is 23.9 Å². The largest absolute Gasteiger partial charge is 0.507 e. The summed E-state index contributed by atoms with van der Waals surface area (Å²) < 4.78 is 10.6. The van der Waals surface area contributed by atoms with E-state index >= 15 is 0 Å². The van der Waals surface area contributed by atoms with E-state index in [1.807, 2.05) is 12.1 Å². The van der Waals surface area contributed by atoms with Crippen LogP contribution in [0.2, 0.25) is 0 Å².